The molecule has 0 radical (unpaired) electrons. The quantitative estimate of drug-likeness (QED) is 0.453. The second-order valence-electron chi connectivity index (χ2n) is 5.65. The molecule has 6 heteroatoms. The van der Waals surface area contributed by atoms with Crippen molar-refractivity contribution in [3.8, 4) is 0 Å². The maximum Gasteiger partial charge on any atom is 0.292 e. The number of aromatic nitrogens is 1. The van der Waals surface area contributed by atoms with Crippen LogP contribution < -0.4 is 5.32 Å². The van der Waals surface area contributed by atoms with Crippen LogP contribution >= 0.6 is 11.6 Å². The van der Waals surface area contributed by atoms with Gasteiger partial charge in [-0.3, -0.25) is 9.59 Å². The van der Waals surface area contributed by atoms with E-state index in [4.69, 9.17) is 11.6 Å². The Morgan fingerprint density at radius 1 is 1.25 bits per heavy atom. The lowest BCUT2D eigenvalue weighted by molar-refractivity contribution is -0.117. The standard InChI is InChI=1S/C18H24ClN3O2/c1-4-21(5-2)11-10-20-18(24)17(23)15-12-22(13(3)19)16-9-7-6-8-14(15)16/h6-9,12-13H,4-5,10-11H2,1-3H3,(H,20,24). The number of nitrogens with one attached hydrogen (secondary N) is 1. The van der Waals surface area contributed by atoms with Crippen molar-refractivity contribution in [3.63, 3.8) is 0 Å². The van der Waals surface area contributed by atoms with Gasteiger partial charge < -0.3 is 14.8 Å². The third-order valence-corrected chi connectivity index (χ3v) is 4.39. The van der Waals surface area contributed by atoms with Gasteiger partial charge in [0.05, 0.1) is 11.1 Å². The lowest BCUT2D eigenvalue weighted by Gasteiger charge is -2.17. The predicted octanol–water partition coefficient (Wildman–Crippen LogP) is 3.04. The van der Waals surface area contributed by atoms with E-state index in [1.165, 1.54) is 0 Å². The molecule has 5 nitrogen and oxygen atoms in total. The summed E-state index contributed by atoms with van der Waals surface area (Å²) in [4.78, 5) is 26.9. The molecule has 130 valence electrons. The summed E-state index contributed by atoms with van der Waals surface area (Å²) in [6.45, 7) is 8.98. The number of rotatable bonds is 8. The number of halogens is 1. The fraction of sp³-hybridized carbons (Fsp3) is 0.444. The van der Waals surface area contributed by atoms with Gasteiger partial charge in [-0.05, 0) is 26.1 Å². The first-order valence-electron chi connectivity index (χ1n) is 8.28. The van der Waals surface area contributed by atoms with Crippen LogP contribution in [0.3, 0.4) is 0 Å². The molecule has 0 spiro atoms. The third-order valence-electron chi connectivity index (χ3n) is 4.18. The van der Waals surface area contributed by atoms with Gasteiger partial charge in [0, 0.05) is 24.7 Å². The van der Waals surface area contributed by atoms with Gasteiger partial charge in [0.1, 0.15) is 5.50 Å². The largest absolute Gasteiger partial charge is 0.348 e. The van der Waals surface area contributed by atoms with E-state index in [9.17, 15) is 9.59 Å². The van der Waals surface area contributed by atoms with Crippen molar-refractivity contribution in [1.29, 1.82) is 0 Å². The van der Waals surface area contributed by atoms with Crippen LogP contribution in [0, 0.1) is 0 Å². The minimum atomic E-state index is -0.577. The molecule has 0 aliphatic rings. The minimum Gasteiger partial charge on any atom is -0.348 e. The first kappa shape index (κ1) is 18.5. The molecule has 2 aromatic rings. The molecule has 1 N–H and O–H groups in total. The topological polar surface area (TPSA) is 54.3 Å². The van der Waals surface area contributed by atoms with Crippen LogP contribution in [0.4, 0.5) is 0 Å². The normalized spacial score (nSPS) is 12.5. The Bertz CT molecular complexity index is 720. The van der Waals surface area contributed by atoms with Gasteiger partial charge in [0.15, 0.2) is 0 Å². The minimum absolute atomic E-state index is 0.304. The smallest absolute Gasteiger partial charge is 0.292 e. The van der Waals surface area contributed by atoms with Gasteiger partial charge >= 0.3 is 0 Å². The maximum atomic E-state index is 12.5. The number of fused-ring (bicyclic) bond motifs is 1. The summed E-state index contributed by atoms with van der Waals surface area (Å²) >= 11 is 6.18. The molecule has 0 saturated carbocycles. The predicted molar refractivity (Wildman–Crippen MR) is 97.6 cm³/mol. The van der Waals surface area contributed by atoms with Crippen molar-refractivity contribution in [2.45, 2.75) is 26.3 Å². The molecule has 24 heavy (non-hydrogen) atoms. The van der Waals surface area contributed by atoms with Crippen molar-refractivity contribution in [2.75, 3.05) is 26.2 Å². The van der Waals surface area contributed by atoms with E-state index in [0.29, 0.717) is 12.1 Å². The highest BCUT2D eigenvalue weighted by Gasteiger charge is 2.22. The van der Waals surface area contributed by atoms with Crippen molar-refractivity contribution in [3.05, 3.63) is 36.0 Å². The number of Topliss-reactive ketones (excluding diaryl/α,β-unsaturated/α-hetero) is 1. The van der Waals surface area contributed by atoms with Crippen molar-refractivity contribution in [1.82, 2.24) is 14.8 Å². The molecule has 1 atom stereocenters. The van der Waals surface area contributed by atoms with Crippen LogP contribution in [-0.2, 0) is 4.79 Å². The molecular weight excluding hydrogens is 326 g/mol. The first-order chi connectivity index (χ1) is 11.5. The van der Waals surface area contributed by atoms with Crippen molar-refractivity contribution >= 4 is 34.2 Å². The molecule has 0 fully saturated rings. The Morgan fingerprint density at radius 2 is 1.92 bits per heavy atom. The number of alkyl halides is 1. The number of carbonyl (C=O) groups is 2. The number of amides is 1. The summed E-state index contributed by atoms with van der Waals surface area (Å²) in [6.07, 6.45) is 1.66. The molecule has 0 bridgehead atoms. The van der Waals surface area contributed by atoms with Gasteiger partial charge in [0.2, 0.25) is 0 Å². The van der Waals surface area contributed by atoms with Gasteiger partial charge in [-0.2, -0.15) is 0 Å². The van der Waals surface area contributed by atoms with Crippen LogP contribution in [0.5, 0.6) is 0 Å². The summed E-state index contributed by atoms with van der Waals surface area (Å²) in [5, 5.41) is 3.46. The Balaban J connectivity index is 2.15. The van der Waals surface area contributed by atoms with E-state index in [-0.39, 0.29) is 5.50 Å². The van der Waals surface area contributed by atoms with Crippen LogP contribution in [0.25, 0.3) is 10.9 Å². The highest BCUT2D eigenvalue weighted by Crippen LogP contribution is 2.26. The number of hydrogen-bond acceptors (Lipinski definition) is 3. The van der Waals surface area contributed by atoms with Crippen LogP contribution in [0.15, 0.2) is 30.5 Å². The first-order valence-corrected chi connectivity index (χ1v) is 8.71. The zero-order valence-corrected chi connectivity index (χ0v) is 15.1. The van der Waals surface area contributed by atoms with Crippen LogP contribution in [0.2, 0.25) is 0 Å². The maximum absolute atomic E-state index is 12.5. The molecule has 1 amide bonds. The molecule has 0 aliphatic carbocycles. The zero-order valence-electron chi connectivity index (χ0n) is 14.4. The van der Waals surface area contributed by atoms with Crippen molar-refractivity contribution in [2.24, 2.45) is 0 Å². The lowest BCUT2D eigenvalue weighted by atomic mass is 10.1. The highest BCUT2D eigenvalue weighted by molar-refractivity contribution is 6.45. The van der Waals surface area contributed by atoms with Gasteiger partial charge in [-0.1, -0.05) is 43.6 Å². The summed E-state index contributed by atoms with van der Waals surface area (Å²) in [5.74, 6) is -1.10. The molecule has 0 aliphatic heterocycles. The summed E-state index contributed by atoms with van der Waals surface area (Å²) in [5.41, 5.74) is 0.930. The Hall–Kier alpha value is -1.85. The summed E-state index contributed by atoms with van der Waals surface area (Å²) < 4.78 is 1.80. The fourth-order valence-electron chi connectivity index (χ4n) is 2.75. The lowest BCUT2D eigenvalue weighted by Crippen LogP contribution is -2.37. The monoisotopic (exact) mass is 349 g/mol. The number of likely N-dealkylation sites (N-methyl/N-ethyl adjacent to an activating group) is 1. The molecule has 1 heterocycles. The Morgan fingerprint density at radius 3 is 2.54 bits per heavy atom. The highest BCUT2D eigenvalue weighted by atomic mass is 35.5. The summed E-state index contributed by atoms with van der Waals surface area (Å²) in [6, 6.07) is 7.46. The SMILES string of the molecule is CCN(CC)CCNC(=O)C(=O)c1cn(C(C)Cl)c2ccccc12. The number of nitrogens with zero attached hydrogens (tertiary/aromatic N) is 2. The average molecular weight is 350 g/mol. The number of ketones is 1. The van der Waals surface area contributed by atoms with E-state index < -0.39 is 11.7 Å². The fourth-order valence-corrected chi connectivity index (χ4v) is 2.91. The van der Waals surface area contributed by atoms with Crippen LogP contribution in [0.1, 0.15) is 36.6 Å². The number of para-hydroxylation sites is 1. The van der Waals surface area contributed by atoms with E-state index in [1.54, 1.807) is 10.8 Å². The average Bonchev–Trinajstić information content (AvgIpc) is 2.97. The van der Waals surface area contributed by atoms with Gasteiger partial charge in [0.25, 0.3) is 11.7 Å². The van der Waals surface area contributed by atoms with E-state index in [2.05, 4.69) is 24.1 Å². The molecule has 1 unspecified atom stereocenters. The second-order valence-corrected chi connectivity index (χ2v) is 6.28. The number of benzene rings is 1. The van der Waals surface area contributed by atoms with Crippen LogP contribution in [-0.4, -0.2) is 47.3 Å². The Labute approximate surface area is 147 Å². The van der Waals surface area contributed by atoms with E-state index in [1.807, 2.05) is 31.2 Å². The van der Waals surface area contributed by atoms with Gasteiger partial charge in [-0.15, -0.1) is 0 Å². The molecule has 2 rings (SSSR count). The van der Waals surface area contributed by atoms with Crippen molar-refractivity contribution < 1.29 is 9.59 Å². The summed E-state index contributed by atoms with van der Waals surface area (Å²) in [7, 11) is 0. The zero-order chi connectivity index (χ0) is 17.7. The third kappa shape index (κ3) is 3.97. The van der Waals surface area contributed by atoms with E-state index in [0.717, 1.165) is 30.5 Å². The van der Waals surface area contributed by atoms with E-state index >= 15 is 0 Å². The second kappa shape index (κ2) is 8.31. The molecule has 1 aromatic carbocycles. The molecular formula is C18H24ClN3O2. The molecule has 1 aromatic heterocycles. The number of hydrogen-bond donors (Lipinski definition) is 1. The number of carbonyl (C=O) groups excluding carboxylic acids is 2. The molecule has 0 saturated heterocycles. The Kier molecular flexibility index (Phi) is 6.40. The van der Waals surface area contributed by atoms with Gasteiger partial charge in [-0.25, -0.2) is 0 Å².